The van der Waals surface area contributed by atoms with E-state index in [0.717, 1.165) is 17.5 Å². The minimum absolute atomic E-state index is 0. The van der Waals surface area contributed by atoms with Gasteiger partial charge in [-0.3, -0.25) is 0 Å². The van der Waals surface area contributed by atoms with E-state index in [0.29, 0.717) is 0 Å². The largest absolute Gasteiger partial charge is 1.00 e. The van der Waals surface area contributed by atoms with E-state index in [4.69, 9.17) is 0 Å². The maximum atomic E-state index is 4.35. The molecular weight excluding hydrogens is 194 g/mol. The molecule has 0 amide bonds. The van der Waals surface area contributed by atoms with Crippen LogP contribution < -0.4 is 17.0 Å². The summed E-state index contributed by atoms with van der Waals surface area (Å²) < 4.78 is 4.07. The molecule has 0 unspecified atom stereocenters. The summed E-state index contributed by atoms with van der Waals surface area (Å²) in [4.78, 5) is 4.35. The van der Waals surface area contributed by atoms with Crippen molar-refractivity contribution >= 4 is 16.9 Å². The normalized spacial score (nSPS) is 15.6. The summed E-state index contributed by atoms with van der Waals surface area (Å²) in [5.74, 6) is 1.12. The molecule has 5 heteroatoms. The summed E-state index contributed by atoms with van der Waals surface area (Å²) in [6.45, 7) is 0.960. The summed E-state index contributed by atoms with van der Waals surface area (Å²) in [6, 6.07) is 0. The van der Waals surface area contributed by atoms with Gasteiger partial charge in [0.1, 0.15) is 12.4 Å². The van der Waals surface area contributed by atoms with E-state index in [1.807, 2.05) is 42.1 Å². The minimum atomic E-state index is 0. The zero-order valence-electron chi connectivity index (χ0n) is 6.77. The molecule has 0 aliphatic carbocycles. The minimum Gasteiger partial charge on any atom is -1.00 e. The van der Waals surface area contributed by atoms with Crippen LogP contribution in [-0.2, 0) is 7.05 Å². The van der Waals surface area contributed by atoms with E-state index < -0.39 is 0 Å². The van der Waals surface area contributed by atoms with Crippen molar-refractivity contribution < 1.29 is 17.0 Å². The van der Waals surface area contributed by atoms with Crippen LogP contribution in [0.5, 0.6) is 0 Å². The summed E-state index contributed by atoms with van der Waals surface area (Å²) >= 11 is 1.81. The van der Waals surface area contributed by atoms with Crippen LogP contribution in [-0.4, -0.2) is 22.0 Å². The molecule has 1 aliphatic heterocycles. The molecule has 0 radical (unpaired) electrons. The molecule has 0 saturated heterocycles. The maximum Gasteiger partial charge on any atom is 0.256 e. The Morgan fingerprint density at radius 1 is 1.67 bits per heavy atom. The van der Waals surface area contributed by atoms with Crippen LogP contribution in [0.15, 0.2) is 23.7 Å². The second-order valence-corrected chi connectivity index (χ2v) is 3.56. The number of halogens is 1. The van der Waals surface area contributed by atoms with Crippen LogP contribution in [0.1, 0.15) is 0 Å². The fraction of sp³-hybridized carbons (Fsp3) is 0.429. The smallest absolute Gasteiger partial charge is 0.256 e. The van der Waals surface area contributed by atoms with Gasteiger partial charge < -0.3 is 12.4 Å². The van der Waals surface area contributed by atoms with Gasteiger partial charge in [0.25, 0.3) is 5.17 Å². The number of imidazole rings is 1. The summed E-state index contributed by atoms with van der Waals surface area (Å²) in [7, 11) is 2.01. The lowest BCUT2D eigenvalue weighted by Crippen LogP contribution is -3.00. The lowest BCUT2D eigenvalue weighted by molar-refractivity contribution is -0.670. The van der Waals surface area contributed by atoms with E-state index >= 15 is 0 Å². The Morgan fingerprint density at radius 2 is 2.50 bits per heavy atom. The highest BCUT2D eigenvalue weighted by molar-refractivity contribution is 8.14. The molecule has 0 saturated carbocycles. The molecule has 66 valence electrons. The number of aryl methyl sites for hydroxylation is 1. The van der Waals surface area contributed by atoms with Crippen LogP contribution >= 0.6 is 11.8 Å². The van der Waals surface area contributed by atoms with Crippen LogP contribution in [0, 0.1) is 0 Å². The Balaban J connectivity index is 0.000000720. The highest BCUT2D eigenvalue weighted by Gasteiger charge is 2.14. The van der Waals surface area contributed by atoms with Gasteiger partial charge in [-0.15, -0.1) is 0 Å². The number of hydrogen-bond acceptors (Lipinski definition) is 2. The second kappa shape index (κ2) is 3.96. The predicted molar refractivity (Wildman–Crippen MR) is 45.8 cm³/mol. The van der Waals surface area contributed by atoms with Crippen molar-refractivity contribution in [3.8, 4) is 0 Å². The van der Waals surface area contributed by atoms with E-state index in [2.05, 4.69) is 9.56 Å². The third kappa shape index (κ3) is 1.81. The van der Waals surface area contributed by atoms with Crippen molar-refractivity contribution in [2.45, 2.75) is 0 Å². The van der Waals surface area contributed by atoms with E-state index in [9.17, 15) is 0 Å². The van der Waals surface area contributed by atoms with Gasteiger partial charge in [0.05, 0.1) is 13.6 Å². The fourth-order valence-corrected chi connectivity index (χ4v) is 1.85. The molecule has 1 aromatic heterocycles. The van der Waals surface area contributed by atoms with Gasteiger partial charge in [-0.25, -0.2) is 9.56 Å². The first-order valence-corrected chi connectivity index (χ1v) is 4.56. The van der Waals surface area contributed by atoms with Crippen molar-refractivity contribution in [2.24, 2.45) is 12.0 Å². The van der Waals surface area contributed by atoms with Crippen LogP contribution in [0.4, 0.5) is 0 Å². The zero-order chi connectivity index (χ0) is 7.68. The monoisotopic (exact) mass is 203 g/mol. The molecular formula is C7H10ClN3S. The van der Waals surface area contributed by atoms with E-state index in [-0.39, 0.29) is 12.4 Å². The number of thioether (sulfide) groups is 1. The van der Waals surface area contributed by atoms with Crippen molar-refractivity contribution in [3.63, 3.8) is 0 Å². The molecule has 1 aromatic rings. The molecule has 12 heavy (non-hydrogen) atoms. The molecule has 2 rings (SSSR count). The predicted octanol–water partition coefficient (Wildman–Crippen LogP) is -2.73. The molecule has 1 aliphatic rings. The highest BCUT2D eigenvalue weighted by Crippen LogP contribution is 2.12. The summed E-state index contributed by atoms with van der Waals surface area (Å²) in [5, 5.41) is 1.12. The van der Waals surface area contributed by atoms with Crippen LogP contribution in [0.2, 0.25) is 0 Å². The molecule has 0 spiro atoms. The van der Waals surface area contributed by atoms with E-state index in [1.165, 1.54) is 0 Å². The number of nitrogens with zero attached hydrogens (tertiary/aromatic N) is 3. The Kier molecular flexibility index (Phi) is 3.17. The zero-order valence-corrected chi connectivity index (χ0v) is 8.35. The van der Waals surface area contributed by atoms with Crippen molar-refractivity contribution in [1.82, 2.24) is 4.57 Å². The molecule has 0 bridgehead atoms. The van der Waals surface area contributed by atoms with Crippen LogP contribution in [0.3, 0.4) is 0 Å². The van der Waals surface area contributed by atoms with Crippen molar-refractivity contribution in [2.75, 3.05) is 12.3 Å². The van der Waals surface area contributed by atoms with Gasteiger partial charge in [0, 0.05) is 5.75 Å². The maximum absolute atomic E-state index is 4.35. The standard InChI is InChI=1S/C7H10N3S.ClH/c1-9-3-4-10(6-9)7-8-2-5-11-7;/h3-4,6H,2,5H2,1H3;1H/q+1;/p-1. The fourth-order valence-electron chi connectivity index (χ4n) is 1.04. The van der Waals surface area contributed by atoms with Crippen molar-refractivity contribution in [3.05, 3.63) is 18.7 Å². The highest BCUT2D eigenvalue weighted by atomic mass is 35.5. The lowest BCUT2D eigenvalue weighted by atomic mass is 10.8. The van der Waals surface area contributed by atoms with Crippen molar-refractivity contribution in [1.29, 1.82) is 0 Å². The first kappa shape index (κ1) is 9.61. The number of aromatic nitrogens is 2. The first-order chi connectivity index (χ1) is 5.36. The Bertz CT molecular complexity index is 295. The molecule has 0 N–H and O–H groups in total. The number of aliphatic imine (C=N–C) groups is 1. The average Bonchev–Trinajstić information content (AvgIpc) is 2.55. The van der Waals surface area contributed by atoms with Gasteiger partial charge >= 0.3 is 0 Å². The number of rotatable bonds is 0. The third-order valence-electron chi connectivity index (χ3n) is 1.56. The quantitative estimate of drug-likeness (QED) is 0.420. The molecule has 3 nitrogen and oxygen atoms in total. The summed E-state index contributed by atoms with van der Waals surface area (Å²) in [6.07, 6.45) is 6.07. The summed E-state index contributed by atoms with van der Waals surface area (Å²) in [5.41, 5.74) is 0. The van der Waals surface area contributed by atoms with Gasteiger partial charge in [0.2, 0.25) is 6.33 Å². The Labute approximate surface area is 81.9 Å². The van der Waals surface area contributed by atoms with E-state index in [1.54, 1.807) is 0 Å². The second-order valence-electron chi connectivity index (χ2n) is 2.50. The first-order valence-electron chi connectivity index (χ1n) is 3.57. The van der Waals surface area contributed by atoms with Gasteiger partial charge in [-0.1, -0.05) is 11.8 Å². The molecule has 2 heterocycles. The van der Waals surface area contributed by atoms with Gasteiger partial charge in [-0.05, 0) is 0 Å². The van der Waals surface area contributed by atoms with Crippen LogP contribution in [0.25, 0.3) is 0 Å². The van der Waals surface area contributed by atoms with Gasteiger partial charge in [0.15, 0.2) is 0 Å². The van der Waals surface area contributed by atoms with Gasteiger partial charge in [-0.2, -0.15) is 4.57 Å². The average molecular weight is 204 g/mol. The third-order valence-corrected chi connectivity index (χ3v) is 2.54. The molecule has 0 fully saturated rings. The molecule has 0 aromatic carbocycles. The Hall–Kier alpha value is -0.480. The molecule has 0 atom stereocenters. The SMILES string of the molecule is C[n+]1ccn(C2=NCCS2)c1.[Cl-]. The number of hydrogen-bond donors (Lipinski definition) is 0. The topological polar surface area (TPSA) is 21.2 Å². The lowest BCUT2D eigenvalue weighted by Gasteiger charge is -1.88. The Morgan fingerprint density at radius 3 is 3.00 bits per heavy atom.